The lowest BCUT2D eigenvalue weighted by atomic mass is 10.1. The van der Waals surface area contributed by atoms with Crippen LogP contribution in [0.4, 0.5) is 5.82 Å². The quantitative estimate of drug-likeness (QED) is 0.715. The van der Waals surface area contributed by atoms with E-state index in [-0.39, 0.29) is 0 Å². The second-order valence-corrected chi connectivity index (χ2v) is 6.85. The van der Waals surface area contributed by atoms with E-state index in [1.807, 2.05) is 25.1 Å². The average Bonchev–Trinajstić information content (AvgIpc) is 3.29. The zero-order valence-electron chi connectivity index (χ0n) is 12.1. The normalized spacial score (nSPS) is 14.3. The Hall–Kier alpha value is -0.880. The van der Waals surface area contributed by atoms with Gasteiger partial charge in [0, 0.05) is 23.0 Å². The van der Waals surface area contributed by atoms with Crippen molar-refractivity contribution >= 4 is 40.0 Å². The molecule has 110 valence electrons. The lowest BCUT2D eigenvalue weighted by molar-refractivity contribution is 0.972. The van der Waals surface area contributed by atoms with E-state index < -0.39 is 0 Å². The van der Waals surface area contributed by atoms with Crippen molar-refractivity contribution < 1.29 is 0 Å². The van der Waals surface area contributed by atoms with Gasteiger partial charge in [0.05, 0.1) is 9.26 Å². The van der Waals surface area contributed by atoms with Gasteiger partial charge in [-0.05, 0) is 60.9 Å². The zero-order valence-corrected chi connectivity index (χ0v) is 15.0. The van der Waals surface area contributed by atoms with Gasteiger partial charge in [-0.2, -0.15) is 0 Å². The van der Waals surface area contributed by atoms with Crippen LogP contribution in [0, 0.1) is 10.5 Å². The molecule has 0 saturated heterocycles. The Morgan fingerprint density at radius 3 is 2.71 bits per heavy atom. The number of hydrogen-bond acceptors (Lipinski definition) is 3. The third-order valence-electron chi connectivity index (χ3n) is 3.62. The van der Waals surface area contributed by atoms with Gasteiger partial charge < -0.3 is 5.32 Å². The van der Waals surface area contributed by atoms with Gasteiger partial charge in [-0.3, -0.25) is 0 Å². The van der Waals surface area contributed by atoms with E-state index >= 15 is 0 Å². The topological polar surface area (TPSA) is 37.8 Å². The van der Waals surface area contributed by atoms with Crippen LogP contribution in [0.25, 0.3) is 11.4 Å². The molecule has 0 aliphatic heterocycles. The van der Waals surface area contributed by atoms with Gasteiger partial charge in [0.2, 0.25) is 0 Å². The maximum absolute atomic E-state index is 6.24. The van der Waals surface area contributed by atoms with Gasteiger partial charge in [0.15, 0.2) is 5.82 Å². The number of hydrogen-bond donors (Lipinski definition) is 1. The molecule has 0 amide bonds. The predicted molar refractivity (Wildman–Crippen MR) is 96.1 cm³/mol. The van der Waals surface area contributed by atoms with Gasteiger partial charge >= 0.3 is 0 Å². The van der Waals surface area contributed by atoms with Crippen LogP contribution < -0.4 is 5.32 Å². The predicted octanol–water partition coefficient (Wildman–Crippen LogP) is 5.02. The third kappa shape index (κ3) is 3.16. The monoisotopic (exact) mass is 413 g/mol. The summed E-state index contributed by atoms with van der Waals surface area (Å²) in [6.45, 7) is 4.93. The molecule has 2 aromatic rings. The minimum Gasteiger partial charge on any atom is -0.369 e. The Kier molecular flexibility index (Phi) is 4.36. The standard InChI is InChI=1S/C16H17ClIN3/c1-3-19-16-13(18)14(10-6-7-10)20-15(21-16)11-5-4-9(2)12(17)8-11/h4-5,8,10H,3,6-7H2,1-2H3,(H,19,20,21). The van der Waals surface area contributed by atoms with Crippen molar-refractivity contribution in [3.05, 3.63) is 38.0 Å². The van der Waals surface area contributed by atoms with Crippen LogP contribution in [-0.4, -0.2) is 16.5 Å². The van der Waals surface area contributed by atoms with Crippen LogP contribution in [0.2, 0.25) is 5.02 Å². The fraction of sp³-hybridized carbons (Fsp3) is 0.375. The molecule has 0 radical (unpaired) electrons. The summed E-state index contributed by atoms with van der Waals surface area (Å²) in [7, 11) is 0. The molecule has 1 aromatic carbocycles. The second-order valence-electron chi connectivity index (χ2n) is 5.36. The molecule has 1 fully saturated rings. The summed E-state index contributed by atoms with van der Waals surface area (Å²) in [6.07, 6.45) is 2.46. The third-order valence-corrected chi connectivity index (χ3v) is 5.09. The minimum absolute atomic E-state index is 0.594. The van der Waals surface area contributed by atoms with Crippen molar-refractivity contribution in [2.24, 2.45) is 0 Å². The molecular weight excluding hydrogens is 397 g/mol. The number of rotatable bonds is 4. The molecule has 3 rings (SSSR count). The van der Waals surface area contributed by atoms with Crippen LogP contribution >= 0.6 is 34.2 Å². The van der Waals surface area contributed by atoms with Crippen molar-refractivity contribution in [3.63, 3.8) is 0 Å². The molecule has 0 atom stereocenters. The Labute approximate surface area is 143 Å². The van der Waals surface area contributed by atoms with Gasteiger partial charge in [-0.1, -0.05) is 23.7 Å². The zero-order chi connectivity index (χ0) is 15.0. The number of nitrogens with one attached hydrogen (secondary N) is 1. The molecule has 3 nitrogen and oxygen atoms in total. The Morgan fingerprint density at radius 2 is 2.10 bits per heavy atom. The Balaban J connectivity index is 2.10. The number of benzene rings is 1. The number of anilines is 1. The van der Waals surface area contributed by atoms with E-state index in [1.54, 1.807) is 0 Å². The summed E-state index contributed by atoms with van der Waals surface area (Å²) in [5, 5.41) is 4.10. The van der Waals surface area contributed by atoms with Crippen molar-refractivity contribution in [1.29, 1.82) is 0 Å². The highest BCUT2D eigenvalue weighted by molar-refractivity contribution is 14.1. The van der Waals surface area contributed by atoms with Crippen molar-refractivity contribution in [2.45, 2.75) is 32.6 Å². The number of halogens is 2. The maximum atomic E-state index is 6.24. The van der Waals surface area contributed by atoms with E-state index in [9.17, 15) is 0 Å². The molecule has 1 N–H and O–H groups in total. The first-order valence-electron chi connectivity index (χ1n) is 7.18. The van der Waals surface area contributed by atoms with E-state index in [0.29, 0.717) is 5.92 Å². The summed E-state index contributed by atoms with van der Waals surface area (Å²) < 4.78 is 1.15. The molecule has 1 saturated carbocycles. The summed E-state index contributed by atoms with van der Waals surface area (Å²) in [5.74, 6) is 2.29. The number of nitrogens with zero attached hydrogens (tertiary/aromatic N) is 2. The van der Waals surface area contributed by atoms with Crippen LogP contribution in [-0.2, 0) is 0 Å². The maximum Gasteiger partial charge on any atom is 0.161 e. The fourth-order valence-electron chi connectivity index (χ4n) is 2.24. The minimum atomic E-state index is 0.594. The van der Waals surface area contributed by atoms with Gasteiger partial charge in [-0.15, -0.1) is 0 Å². The lowest BCUT2D eigenvalue weighted by Crippen LogP contribution is -2.07. The Morgan fingerprint density at radius 1 is 1.33 bits per heavy atom. The van der Waals surface area contributed by atoms with Crippen LogP contribution in [0.5, 0.6) is 0 Å². The van der Waals surface area contributed by atoms with Gasteiger partial charge in [0.25, 0.3) is 0 Å². The van der Waals surface area contributed by atoms with Crippen molar-refractivity contribution in [3.8, 4) is 11.4 Å². The number of aryl methyl sites for hydroxylation is 1. The molecular formula is C16H17ClIN3. The summed E-state index contributed by atoms with van der Waals surface area (Å²) in [5.41, 5.74) is 3.22. The highest BCUT2D eigenvalue weighted by Crippen LogP contribution is 2.43. The van der Waals surface area contributed by atoms with Crippen LogP contribution in [0.15, 0.2) is 18.2 Å². The summed E-state index contributed by atoms with van der Waals surface area (Å²) >= 11 is 8.59. The second kappa shape index (κ2) is 6.08. The summed E-state index contributed by atoms with van der Waals surface area (Å²) in [6, 6.07) is 6.00. The molecule has 1 aliphatic rings. The molecule has 21 heavy (non-hydrogen) atoms. The first-order chi connectivity index (χ1) is 10.1. The van der Waals surface area contributed by atoms with Crippen molar-refractivity contribution in [2.75, 3.05) is 11.9 Å². The molecule has 1 aromatic heterocycles. The molecule has 5 heteroatoms. The SMILES string of the molecule is CCNc1nc(-c2ccc(C)c(Cl)c2)nc(C2CC2)c1I. The highest BCUT2D eigenvalue weighted by Gasteiger charge is 2.29. The Bertz CT molecular complexity index is 683. The molecule has 1 heterocycles. The van der Waals surface area contributed by atoms with Crippen LogP contribution in [0.1, 0.15) is 36.9 Å². The molecule has 1 aliphatic carbocycles. The van der Waals surface area contributed by atoms with Gasteiger partial charge in [-0.25, -0.2) is 9.97 Å². The molecule has 0 spiro atoms. The van der Waals surface area contributed by atoms with Gasteiger partial charge in [0.1, 0.15) is 5.82 Å². The lowest BCUT2D eigenvalue weighted by Gasteiger charge is -2.12. The van der Waals surface area contributed by atoms with Crippen molar-refractivity contribution in [1.82, 2.24) is 9.97 Å². The van der Waals surface area contributed by atoms with E-state index in [4.69, 9.17) is 16.6 Å². The summed E-state index contributed by atoms with van der Waals surface area (Å²) in [4.78, 5) is 9.49. The molecule has 0 unspecified atom stereocenters. The van der Waals surface area contributed by atoms with E-state index in [1.165, 1.54) is 18.5 Å². The average molecular weight is 414 g/mol. The highest BCUT2D eigenvalue weighted by atomic mass is 127. The first-order valence-corrected chi connectivity index (χ1v) is 8.63. The van der Waals surface area contributed by atoms with Crippen LogP contribution in [0.3, 0.4) is 0 Å². The van der Waals surface area contributed by atoms with E-state index in [0.717, 1.165) is 37.9 Å². The smallest absolute Gasteiger partial charge is 0.161 e. The van der Waals surface area contributed by atoms with E-state index in [2.05, 4.69) is 39.8 Å². The largest absolute Gasteiger partial charge is 0.369 e. The molecule has 0 bridgehead atoms. The fourth-order valence-corrected chi connectivity index (χ4v) is 3.29. The first kappa shape index (κ1) is 15.0. The number of aromatic nitrogens is 2.